The zero-order valence-electron chi connectivity index (χ0n) is 23.3. The maximum Gasteiger partial charge on any atom is 0.0527 e. The Balaban J connectivity index is 3.15. The minimum absolute atomic E-state index is 0.836. The summed E-state index contributed by atoms with van der Waals surface area (Å²) in [6.07, 6.45) is 33.6. The first-order valence-electron chi connectivity index (χ1n) is 15.5. The number of hydrogen-bond acceptors (Lipinski definition) is 0. The van der Waals surface area contributed by atoms with E-state index in [1.165, 1.54) is 159 Å². The van der Waals surface area contributed by atoms with Gasteiger partial charge in [0.15, 0.2) is 0 Å². The van der Waals surface area contributed by atoms with Crippen LogP contribution < -0.4 is 0 Å². The molecule has 0 rings (SSSR count). The quantitative estimate of drug-likeness (QED) is 0.0835. The lowest BCUT2D eigenvalue weighted by Crippen LogP contribution is -2.30. The molecule has 0 aromatic rings. The van der Waals surface area contributed by atoms with Gasteiger partial charge < -0.3 is 0 Å². The Kier molecular flexibility index (Phi) is 26.0. The number of unbranched alkanes of at least 4 members (excludes halogenated alkanes) is 22. The van der Waals surface area contributed by atoms with Gasteiger partial charge in [-0.25, -0.2) is 0 Å². The highest BCUT2D eigenvalue weighted by Crippen LogP contribution is 2.27. The Morgan fingerprint density at radius 2 is 0.562 bits per heavy atom. The SMILES string of the molecule is [CH2]CCCCCCCCCCCCCCCCCCCCCCCC[Si](CC)(CC)CC. The fourth-order valence-electron chi connectivity index (χ4n) is 5.49. The Morgan fingerprint density at radius 3 is 0.781 bits per heavy atom. The van der Waals surface area contributed by atoms with Crippen LogP contribution in [0.5, 0.6) is 0 Å². The van der Waals surface area contributed by atoms with Gasteiger partial charge in [-0.3, -0.25) is 0 Å². The standard InChI is InChI=1S/C31H65Si/c1-5-9-10-11-12-13-14-15-16-17-18-19-20-21-22-23-24-25-26-27-28-29-30-31-32(6-2,7-3)8-4/h1,5-31H2,2-4H3. The van der Waals surface area contributed by atoms with E-state index in [0.717, 1.165) is 6.42 Å². The Bertz CT molecular complexity index is 325. The maximum atomic E-state index is 3.92. The van der Waals surface area contributed by atoms with Crippen LogP contribution in [0, 0.1) is 6.92 Å². The molecule has 0 aromatic carbocycles. The molecule has 0 spiro atoms. The largest absolute Gasteiger partial charge is 0.0678 e. The van der Waals surface area contributed by atoms with Crippen molar-refractivity contribution in [2.45, 2.75) is 193 Å². The fraction of sp³-hybridized carbons (Fsp3) is 0.968. The van der Waals surface area contributed by atoms with Crippen LogP contribution in [0.1, 0.15) is 168 Å². The van der Waals surface area contributed by atoms with E-state index in [9.17, 15) is 0 Å². The van der Waals surface area contributed by atoms with Crippen LogP contribution in [0.3, 0.4) is 0 Å². The van der Waals surface area contributed by atoms with Crippen LogP contribution in [-0.2, 0) is 0 Å². The van der Waals surface area contributed by atoms with E-state index in [1.54, 1.807) is 6.04 Å². The van der Waals surface area contributed by atoms with Crippen molar-refractivity contribution in [1.82, 2.24) is 0 Å². The molecule has 0 aliphatic rings. The minimum atomic E-state index is -0.836. The van der Waals surface area contributed by atoms with Gasteiger partial charge >= 0.3 is 0 Å². The lowest BCUT2D eigenvalue weighted by Gasteiger charge is -2.28. The highest BCUT2D eigenvalue weighted by Gasteiger charge is 2.25. The summed E-state index contributed by atoms with van der Waals surface area (Å²) in [5, 5.41) is 0. The second kappa shape index (κ2) is 25.8. The van der Waals surface area contributed by atoms with Crippen molar-refractivity contribution in [3.8, 4) is 0 Å². The normalized spacial score (nSPS) is 12.0. The van der Waals surface area contributed by atoms with Crippen molar-refractivity contribution in [2.24, 2.45) is 0 Å². The van der Waals surface area contributed by atoms with Crippen molar-refractivity contribution in [2.75, 3.05) is 0 Å². The van der Waals surface area contributed by atoms with Gasteiger partial charge in [-0.15, -0.1) is 0 Å². The van der Waals surface area contributed by atoms with Gasteiger partial charge in [0.1, 0.15) is 0 Å². The molecule has 1 heteroatoms. The third-order valence-electron chi connectivity index (χ3n) is 8.46. The van der Waals surface area contributed by atoms with Crippen molar-refractivity contribution in [3.05, 3.63) is 6.92 Å². The van der Waals surface area contributed by atoms with Gasteiger partial charge in [-0.2, -0.15) is 0 Å². The zero-order chi connectivity index (χ0) is 23.6. The second-order valence-electron chi connectivity index (χ2n) is 10.9. The Labute approximate surface area is 207 Å². The predicted molar refractivity (Wildman–Crippen MR) is 154 cm³/mol. The molecule has 0 heterocycles. The molecule has 0 unspecified atom stereocenters. The van der Waals surface area contributed by atoms with E-state index < -0.39 is 8.07 Å². The number of rotatable bonds is 27. The van der Waals surface area contributed by atoms with Gasteiger partial charge in [0, 0.05) is 0 Å². The van der Waals surface area contributed by atoms with Gasteiger partial charge in [0.25, 0.3) is 0 Å². The molecule has 0 atom stereocenters. The maximum absolute atomic E-state index is 3.92. The first-order valence-corrected chi connectivity index (χ1v) is 18.4. The topological polar surface area (TPSA) is 0 Å². The third kappa shape index (κ3) is 20.8. The summed E-state index contributed by atoms with van der Waals surface area (Å²) in [5.74, 6) is 0. The van der Waals surface area contributed by atoms with Crippen molar-refractivity contribution >= 4 is 8.07 Å². The molecule has 193 valence electrons. The molecular formula is C31H65Si. The summed E-state index contributed by atoms with van der Waals surface area (Å²) in [6.45, 7) is 11.3. The smallest absolute Gasteiger partial charge is 0.0527 e. The van der Waals surface area contributed by atoms with Gasteiger partial charge in [-0.1, -0.05) is 200 Å². The van der Waals surface area contributed by atoms with E-state index in [4.69, 9.17) is 0 Å². The van der Waals surface area contributed by atoms with E-state index >= 15 is 0 Å². The molecule has 0 aliphatic carbocycles. The monoisotopic (exact) mass is 465 g/mol. The summed E-state index contributed by atoms with van der Waals surface area (Å²) in [4.78, 5) is 0. The van der Waals surface area contributed by atoms with Crippen LogP contribution in [0.4, 0.5) is 0 Å². The Hall–Kier alpha value is 0.217. The highest BCUT2D eigenvalue weighted by atomic mass is 28.3. The molecule has 0 aromatic heterocycles. The molecule has 0 N–H and O–H groups in total. The van der Waals surface area contributed by atoms with Crippen LogP contribution in [0.25, 0.3) is 0 Å². The van der Waals surface area contributed by atoms with Gasteiger partial charge in [0.2, 0.25) is 0 Å². The van der Waals surface area contributed by atoms with Gasteiger partial charge in [-0.05, 0) is 0 Å². The molecule has 0 saturated carbocycles. The van der Waals surface area contributed by atoms with Crippen LogP contribution >= 0.6 is 0 Å². The van der Waals surface area contributed by atoms with Crippen molar-refractivity contribution in [3.63, 3.8) is 0 Å². The first-order chi connectivity index (χ1) is 15.7. The predicted octanol–water partition coefficient (Wildman–Crippen LogP) is 12.3. The zero-order valence-corrected chi connectivity index (χ0v) is 24.3. The molecule has 0 bridgehead atoms. The van der Waals surface area contributed by atoms with E-state index in [-0.39, 0.29) is 0 Å². The lowest BCUT2D eigenvalue weighted by atomic mass is 10.0. The molecule has 0 saturated heterocycles. The van der Waals surface area contributed by atoms with Crippen LogP contribution in [-0.4, -0.2) is 8.07 Å². The minimum Gasteiger partial charge on any atom is -0.0678 e. The third-order valence-corrected chi connectivity index (χ3v) is 14.4. The summed E-state index contributed by atoms with van der Waals surface area (Å²) in [5.41, 5.74) is 0. The van der Waals surface area contributed by atoms with Crippen LogP contribution in [0.2, 0.25) is 24.2 Å². The Morgan fingerprint density at radius 1 is 0.344 bits per heavy atom. The molecule has 0 nitrogen and oxygen atoms in total. The van der Waals surface area contributed by atoms with Crippen molar-refractivity contribution < 1.29 is 0 Å². The lowest BCUT2D eigenvalue weighted by molar-refractivity contribution is 0.519. The molecule has 1 radical (unpaired) electrons. The van der Waals surface area contributed by atoms with Gasteiger partial charge in [0.05, 0.1) is 8.07 Å². The molecule has 0 amide bonds. The van der Waals surface area contributed by atoms with Crippen LogP contribution in [0.15, 0.2) is 0 Å². The van der Waals surface area contributed by atoms with Crippen molar-refractivity contribution in [1.29, 1.82) is 0 Å². The first kappa shape index (κ1) is 32.2. The number of hydrogen-bond donors (Lipinski definition) is 0. The van der Waals surface area contributed by atoms with E-state index in [1.807, 2.05) is 0 Å². The molecule has 0 fully saturated rings. The summed E-state index contributed by atoms with van der Waals surface area (Å²) < 4.78 is 0. The fourth-order valence-corrected chi connectivity index (χ4v) is 9.05. The summed E-state index contributed by atoms with van der Waals surface area (Å²) in [7, 11) is -0.836. The summed E-state index contributed by atoms with van der Waals surface area (Å²) >= 11 is 0. The highest BCUT2D eigenvalue weighted by molar-refractivity contribution is 6.79. The average molecular weight is 466 g/mol. The molecule has 0 aliphatic heterocycles. The van der Waals surface area contributed by atoms with E-state index in [0.29, 0.717) is 0 Å². The van der Waals surface area contributed by atoms with E-state index in [2.05, 4.69) is 27.7 Å². The average Bonchev–Trinajstić information content (AvgIpc) is 2.82. The summed E-state index contributed by atoms with van der Waals surface area (Å²) in [6, 6.07) is 6.14. The molecule has 32 heavy (non-hydrogen) atoms. The second-order valence-corrected chi connectivity index (χ2v) is 16.6. The molecular weight excluding hydrogens is 400 g/mol.